The molecule has 4 nitrogen and oxygen atoms in total. The van der Waals surface area contributed by atoms with E-state index in [0.717, 1.165) is 31.0 Å². The number of nitrogens with zero attached hydrogens (tertiary/aromatic N) is 1. The summed E-state index contributed by atoms with van der Waals surface area (Å²) in [5, 5.41) is 0. The summed E-state index contributed by atoms with van der Waals surface area (Å²) < 4.78 is 10.7. The first kappa shape index (κ1) is 12.2. The van der Waals surface area contributed by atoms with Gasteiger partial charge in [-0.1, -0.05) is 12.1 Å². The second-order valence-electron chi connectivity index (χ2n) is 4.69. The highest BCUT2D eigenvalue weighted by Gasteiger charge is 2.32. The van der Waals surface area contributed by atoms with Crippen molar-refractivity contribution < 1.29 is 9.47 Å². The minimum atomic E-state index is -0.240. The van der Waals surface area contributed by atoms with E-state index in [1.807, 2.05) is 31.3 Å². The smallest absolute Gasteiger partial charge is 0.142 e. The van der Waals surface area contributed by atoms with Crippen molar-refractivity contribution in [2.75, 3.05) is 38.8 Å². The maximum Gasteiger partial charge on any atom is 0.142 e. The Morgan fingerprint density at radius 1 is 1.47 bits per heavy atom. The molecule has 1 unspecified atom stereocenters. The van der Waals surface area contributed by atoms with Gasteiger partial charge in [-0.25, -0.2) is 0 Å². The number of ether oxygens (including phenoxy) is 2. The Hall–Kier alpha value is -1.26. The molecule has 0 aliphatic carbocycles. The number of methoxy groups -OCH3 is 1. The van der Waals surface area contributed by atoms with Crippen molar-refractivity contribution in [3.05, 3.63) is 24.3 Å². The van der Waals surface area contributed by atoms with Crippen LogP contribution in [0.2, 0.25) is 0 Å². The monoisotopic (exact) mass is 236 g/mol. The molecular weight excluding hydrogens is 216 g/mol. The van der Waals surface area contributed by atoms with Crippen LogP contribution in [-0.4, -0.2) is 39.5 Å². The quantitative estimate of drug-likeness (QED) is 0.854. The Balaban J connectivity index is 2.11. The van der Waals surface area contributed by atoms with Crippen molar-refractivity contribution in [1.82, 2.24) is 0 Å². The highest BCUT2D eigenvalue weighted by atomic mass is 16.5. The van der Waals surface area contributed by atoms with Crippen molar-refractivity contribution in [3.63, 3.8) is 0 Å². The Labute approximate surface area is 102 Å². The summed E-state index contributed by atoms with van der Waals surface area (Å²) in [4.78, 5) is 2.13. The first-order chi connectivity index (χ1) is 8.14. The van der Waals surface area contributed by atoms with Gasteiger partial charge in [-0.15, -0.1) is 0 Å². The topological polar surface area (TPSA) is 47.7 Å². The Bertz CT molecular complexity index is 375. The van der Waals surface area contributed by atoms with Gasteiger partial charge >= 0.3 is 0 Å². The number of anilines is 1. The SMILES string of the molecule is COc1ccccc1N(C)CC1(N)CCOC1. The summed E-state index contributed by atoms with van der Waals surface area (Å²) in [5.41, 5.74) is 7.10. The van der Waals surface area contributed by atoms with E-state index >= 15 is 0 Å². The minimum Gasteiger partial charge on any atom is -0.495 e. The van der Waals surface area contributed by atoms with E-state index in [-0.39, 0.29) is 5.54 Å². The number of hydrogen-bond acceptors (Lipinski definition) is 4. The largest absolute Gasteiger partial charge is 0.495 e. The molecule has 0 spiro atoms. The van der Waals surface area contributed by atoms with Gasteiger partial charge in [0.25, 0.3) is 0 Å². The molecule has 17 heavy (non-hydrogen) atoms. The molecule has 1 aromatic rings. The molecule has 0 bridgehead atoms. The fourth-order valence-electron chi connectivity index (χ4n) is 2.25. The second-order valence-corrected chi connectivity index (χ2v) is 4.69. The van der Waals surface area contributed by atoms with Gasteiger partial charge in [0.1, 0.15) is 5.75 Å². The van der Waals surface area contributed by atoms with Gasteiger partial charge in [-0.3, -0.25) is 0 Å². The zero-order valence-electron chi connectivity index (χ0n) is 10.5. The molecular formula is C13H20N2O2. The van der Waals surface area contributed by atoms with Crippen LogP contribution in [0.25, 0.3) is 0 Å². The van der Waals surface area contributed by atoms with Crippen LogP contribution in [0.4, 0.5) is 5.69 Å². The number of hydrogen-bond donors (Lipinski definition) is 1. The first-order valence-corrected chi connectivity index (χ1v) is 5.85. The summed E-state index contributed by atoms with van der Waals surface area (Å²) >= 11 is 0. The lowest BCUT2D eigenvalue weighted by atomic mass is 9.99. The molecule has 1 aliphatic rings. The van der Waals surface area contributed by atoms with Gasteiger partial charge < -0.3 is 20.1 Å². The summed E-state index contributed by atoms with van der Waals surface area (Å²) in [6.45, 7) is 2.16. The third-order valence-corrected chi connectivity index (χ3v) is 3.18. The molecule has 1 fully saturated rings. The summed E-state index contributed by atoms with van der Waals surface area (Å²) in [6.07, 6.45) is 0.909. The number of likely N-dealkylation sites (N-methyl/N-ethyl adjacent to an activating group) is 1. The van der Waals surface area contributed by atoms with Gasteiger partial charge in [0.15, 0.2) is 0 Å². The maximum absolute atomic E-state index is 6.28. The molecule has 1 atom stereocenters. The van der Waals surface area contributed by atoms with Crippen molar-refractivity contribution in [2.24, 2.45) is 5.73 Å². The van der Waals surface area contributed by atoms with Crippen LogP contribution in [0.15, 0.2) is 24.3 Å². The fraction of sp³-hybridized carbons (Fsp3) is 0.538. The van der Waals surface area contributed by atoms with E-state index in [0.29, 0.717) is 6.61 Å². The van der Waals surface area contributed by atoms with Gasteiger partial charge in [-0.05, 0) is 18.6 Å². The zero-order chi connectivity index (χ0) is 12.3. The second kappa shape index (κ2) is 4.94. The normalized spacial score (nSPS) is 23.7. The molecule has 2 N–H and O–H groups in total. The van der Waals surface area contributed by atoms with E-state index in [4.69, 9.17) is 15.2 Å². The number of para-hydroxylation sites is 2. The first-order valence-electron chi connectivity index (χ1n) is 5.85. The van der Waals surface area contributed by atoms with E-state index in [1.165, 1.54) is 0 Å². The van der Waals surface area contributed by atoms with Gasteiger partial charge in [0.2, 0.25) is 0 Å². The van der Waals surface area contributed by atoms with Crippen LogP contribution in [0.1, 0.15) is 6.42 Å². The Morgan fingerprint density at radius 2 is 2.24 bits per heavy atom. The lowest BCUT2D eigenvalue weighted by Gasteiger charge is -2.30. The van der Waals surface area contributed by atoms with E-state index in [1.54, 1.807) is 7.11 Å². The fourth-order valence-corrected chi connectivity index (χ4v) is 2.25. The molecule has 0 aromatic heterocycles. The van der Waals surface area contributed by atoms with E-state index in [2.05, 4.69) is 4.90 Å². The average molecular weight is 236 g/mol. The predicted octanol–water partition coefficient (Wildman–Crippen LogP) is 1.25. The molecule has 0 amide bonds. The molecule has 1 saturated heterocycles. The van der Waals surface area contributed by atoms with Crippen LogP contribution in [0, 0.1) is 0 Å². The van der Waals surface area contributed by atoms with E-state index < -0.39 is 0 Å². The highest BCUT2D eigenvalue weighted by Crippen LogP contribution is 2.28. The molecule has 2 rings (SSSR count). The van der Waals surface area contributed by atoms with Crippen LogP contribution in [0.5, 0.6) is 5.75 Å². The lowest BCUT2D eigenvalue weighted by molar-refractivity contribution is 0.179. The standard InChI is InChI=1S/C13H20N2O2/c1-15(9-13(14)7-8-17-10-13)11-5-3-4-6-12(11)16-2/h3-6H,7-10,14H2,1-2H3. The van der Waals surface area contributed by atoms with Crippen LogP contribution in [-0.2, 0) is 4.74 Å². The van der Waals surface area contributed by atoms with Gasteiger partial charge in [0, 0.05) is 20.2 Å². The number of rotatable bonds is 4. The molecule has 4 heteroatoms. The molecule has 0 radical (unpaired) electrons. The van der Waals surface area contributed by atoms with Crippen molar-refractivity contribution in [2.45, 2.75) is 12.0 Å². The molecule has 1 aromatic carbocycles. The van der Waals surface area contributed by atoms with Crippen LogP contribution >= 0.6 is 0 Å². The number of benzene rings is 1. The average Bonchev–Trinajstić information content (AvgIpc) is 2.75. The molecule has 1 aliphatic heterocycles. The Kier molecular flexibility index (Phi) is 3.54. The predicted molar refractivity (Wildman–Crippen MR) is 68.6 cm³/mol. The van der Waals surface area contributed by atoms with Gasteiger partial charge in [-0.2, -0.15) is 0 Å². The lowest BCUT2D eigenvalue weighted by Crippen LogP contribution is -2.50. The van der Waals surface area contributed by atoms with Crippen LogP contribution < -0.4 is 15.4 Å². The molecule has 1 heterocycles. The number of nitrogens with two attached hydrogens (primary N) is 1. The minimum absolute atomic E-state index is 0.240. The highest BCUT2D eigenvalue weighted by molar-refractivity contribution is 5.58. The molecule has 0 saturated carbocycles. The summed E-state index contributed by atoms with van der Waals surface area (Å²) in [6, 6.07) is 7.97. The van der Waals surface area contributed by atoms with E-state index in [9.17, 15) is 0 Å². The summed E-state index contributed by atoms with van der Waals surface area (Å²) in [7, 11) is 3.72. The molecule has 94 valence electrons. The Morgan fingerprint density at radius 3 is 2.88 bits per heavy atom. The zero-order valence-corrected chi connectivity index (χ0v) is 10.5. The van der Waals surface area contributed by atoms with Crippen molar-refractivity contribution in [1.29, 1.82) is 0 Å². The van der Waals surface area contributed by atoms with Crippen molar-refractivity contribution >= 4 is 5.69 Å². The van der Waals surface area contributed by atoms with Crippen LogP contribution in [0.3, 0.4) is 0 Å². The van der Waals surface area contributed by atoms with Crippen molar-refractivity contribution in [3.8, 4) is 5.75 Å². The maximum atomic E-state index is 6.28. The van der Waals surface area contributed by atoms with Gasteiger partial charge in [0.05, 0.1) is 24.9 Å². The third kappa shape index (κ3) is 2.70. The third-order valence-electron chi connectivity index (χ3n) is 3.18. The summed E-state index contributed by atoms with van der Waals surface area (Å²) in [5.74, 6) is 0.873.